The van der Waals surface area contributed by atoms with E-state index in [0.717, 1.165) is 0 Å². The molecule has 0 amide bonds. The van der Waals surface area contributed by atoms with Crippen LogP contribution < -0.4 is 0 Å². The van der Waals surface area contributed by atoms with Crippen LogP contribution >= 0.6 is 0 Å². The molecular weight excluding hydrogens is 144 g/mol. The molecule has 0 bridgehead atoms. The monoisotopic (exact) mass is 158 g/mol. The molecule has 0 saturated carbocycles. The minimum atomic E-state index is 0.436. The van der Waals surface area contributed by atoms with Crippen LogP contribution in [0.1, 0.15) is 13.8 Å². The largest absolute Gasteiger partial charge is 0.115 e. The predicted octanol–water partition coefficient (Wildman–Crippen LogP) is 2.64. The summed E-state index contributed by atoms with van der Waals surface area (Å²) >= 11 is 0. The van der Waals surface area contributed by atoms with Gasteiger partial charge in [0.2, 0.25) is 0 Å². The number of allylic oxidation sites excluding steroid dienone is 4. The van der Waals surface area contributed by atoms with Gasteiger partial charge in [-0.2, -0.15) is 0 Å². The molecular formula is C12H14. The molecule has 0 aromatic rings. The van der Waals surface area contributed by atoms with Crippen molar-refractivity contribution in [2.75, 3.05) is 0 Å². The molecule has 12 heavy (non-hydrogen) atoms. The Morgan fingerprint density at radius 2 is 1.25 bits per heavy atom. The summed E-state index contributed by atoms with van der Waals surface area (Å²) < 4.78 is 0. The van der Waals surface area contributed by atoms with E-state index in [1.807, 2.05) is 12.2 Å². The van der Waals surface area contributed by atoms with Gasteiger partial charge in [0, 0.05) is 0 Å². The molecule has 0 aliphatic heterocycles. The molecule has 0 fully saturated rings. The zero-order valence-electron chi connectivity index (χ0n) is 7.62. The van der Waals surface area contributed by atoms with Crippen LogP contribution in [0.5, 0.6) is 0 Å². The molecule has 0 rings (SSSR count). The molecule has 0 aliphatic rings. The number of hydrogen-bond donors (Lipinski definition) is 0. The summed E-state index contributed by atoms with van der Waals surface area (Å²) in [5.74, 6) is 5.80. The minimum Gasteiger partial charge on any atom is -0.115 e. The lowest BCUT2D eigenvalue weighted by molar-refractivity contribution is 0.559. The second kappa shape index (κ2) is 6.32. The molecule has 0 saturated heterocycles. The third kappa shape index (κ3) is 4.42. The standard InChI is InChI=1S/C12H14/c1-5-7-9-11(3)12(4)10-8-6-2/h1-2,7-12H,3-4H3. The summed E-state index contributed by atoms with van der Waals surface area (Å²) in [5.41, 5.74) is 0. The van der Waals surface area contributed by atoms with Crippen molar-refractivity contribution in [1.29, 1.82) is 0 Å². The van der Waals surface area contributed by atoms with Gasteiger partial charge in [0.05, 0.1) is 0 Å². The summed E-state index contributed by atoms with van der Waals surface area (Å²) in [6, 6.07) is 0. The van der Waals surface area contributed by atoms with Gasteiger partial charge in [-0.25, -0.2) is 0 Å². The Bertz CT molecular complexity index is 214. The molecule has 0 spiro atoms. The molecule has 0 N–H and O–H groups in total. The SMILES string of the molecule is C#CC=CC(C)C(C)C=CC#C. The third-order valence-corrected chi connectivity index (χ3v) is 1.82. The second-order valence-electron chi connectivity index (χ2n) is 2.77. The van der Waals surface area contributed by atoms with Crippen LogP contribution in [0.3, 0.4) is 0 Å². The highest BCUT2D eigenvalue weighted by atomic mass is 14.1. The molecule has 0 heteroatoms. The average molecular weight is 158 g/mol. The maximum Gasteiger partial charge on any atom is -0.0159 e. The maximum absolute atomic E-state index is 5.09. The van der Waals surface area contributed by atoms with Crippen molar-refractivity contribution >= 4 is 0 Å². The first-order valence-corrected chi connectivity index (χ1v) is 3.98. The molecule has 2 unspecified atom stereocenters. The van der Waals surface area contributed by atoms with Gasteiger partial charge in [-0.1, -0.05) is 37.8 Å². The number of rotatable bonds is 3. The van der Waals surface area contributed by atoms with Gasteiger partial charge in [-0.05, 0) is 24.0 Å². The van der Waals surface area contributed by atoms with Gasteiger partial charge in [0.15, 0.2) is 0 Å². The third-order valence-electron chi connectivity index (χ3n) is 1.82. The van der Waals surface area contributed by atoms with Gasteiger partial charge in [0.1, 0.15) is 0 Å². The first-order valence-electron chi connectivity index (χ1n) is 3.98. The topological polar surface area (TPSA) is 0 Å². The van der Waals surface area contributed by atoms with Crippen LogP contribution in [0, 0.1) is 36.5 Å². The van der Waals surface area contributed by atoms with Crippen LogP contribution in [0.25, 0.3) is 0 Å². The van der Waals surface area contributed by atoms with Crippen molar-refractivity contribution in [1.82, 2.24) is 0 Å². The molecule has 62 valence electrons. The summed E-state index contributed by atoms with van der Waals surface area (Å²) in [6.45, 7) is 4.22. The highest BCUT2D eigenvalue weighted by Crippen LogP contribution is 2.13. The van der Waals surface area contributed by atoms with Gasteiger partial charge >= 0.3 is 0 Å². The van der Waals surface area contributed by atoms with Crippen molar-refractivity contribution in [2.45, 2.75) is 13.8 Å². The number of hydrogen-bond acceptors (Lipinski definition) is 0. The fourth-order valence-electron chi connectivity index (χ4n) is 0.765. The van der Waals surface area contributed by atoms with Gasteiger partial charge in [-0.3, -0.25) is 0 Å². The van der Waals surface area contributed by atoms with Crippen LogP contribution in [0.2, 0.25) is 0 Å². The Balaban J connectivity index is 4.04. The Morgan fingerprint density at radius 3 is 1.50 bits per heavy atom. The average Bonchev–Trinajstić information content (AvgIpc) is 2.10. The van der Waals surface area contributed by atoms with E-state index in [-0.39, 0.29) is 0 Å². The zero-order valence-corrected chi connectivity index (χ0v) is 7.62. The van der Waals surface area contributed by atoms with Crippen LogP contribution in [-0.4, -0.2) is 0 Å². The van der Waals surface area contributed by atoms with Gasteiger partial charge in [-0.15, -0.1) is 12.8 Å². The van der Waals surface area contributed by atoms with Crippen molar-refractivity contribution in [2.24, 2.45) is 11.8 Å². The van der Waals surface area contributed by atoms with E-state index in [0.29, 0.717) is 11.8 Å². The Kier molecular flexibility index (Phi) is 5.58. The minimum absolute atomic E-state index is 0.436. The van der Waals surface area contributed by atoms with E-state index < -0.39 is 0 Å². The fourth-order valence-corrected chi connectivity index (χ4v) is 0.765. The summed E-state index contributed by atoms with van der Waals surface area (Å²) in [4.78, 5) is 0. The molecule has 0 aromatic heterocycles. The van der Waals surface area contributed by atoms with Crippen molar-refractivity contribution in [3.8, 4) is 24.7 Å². The summed E-state index contributed by atoms with van der Waals surface area (Å²) in [6.07, 6.45) is 17.6. The maximum atomic E-state index is 5.09. The van der Waals surface area contributed by atoms with Crippen molar-refractivity contribution in [3.05, 3.63) is 24.3 Å². The van der Waals surface area contributed by atoms with E-state index in [9.17, 15) is 0 Å². The van der Waals surface area contributed by atoms with E-state index in [4.69, 9.17) is 12.8 Å². The van der Waals surface area contributed by atoms with Crippen molar-refractivity contribution < 1.29 is 0 Å². The Hall–Kier alpha value is -1.40. The normalized spacial score (nSPS) is 15.7. The lowest BCUT2D eigenvalue weighted by atomic mass is 9.95. The highest BCUT2D eigenvalue weighted by molar-refractivity contribution is 5.14. The molecule has 0 aliphatic carbocycles. The molecule has 0 heterocycles. The molecule has 0 aromatic carbocycles. The predicted molar refractivity (Wildman–Crippen MR) is 54.3 cm³/mol. The second-order valence-corrected chi connectivity index (χ2v) is 2.77. The zero-order chi connectivity index (χ0) is 9.40. The summed E-state index contributed by atoms with van der Waals surface area (Å²) in [5, 5.41) is 0. The van der Waals surface area contributed by atoms with E-state index in [1.54, 1.807) is 12.2 Å². The Labute approximate surface area is 75.4 Å². The lowest BCUT2D eigenvalue weighted by Crippen LogP contribution is -2.00. The van der Waals surface area contributed by atoms with Crippen LogP contribution in [0.4, 0.5) is 0 Å². The fraction of sp³-hybridized carbons (Fsp3) is 0.333. The van der Waals surface area contributed by atoms with E-state index >= 15 is 0 Å². The first kappa shape index (κ1) is 10.6. The molecule has 2 atom stereocenters. The number of terminal acetylenes is 2. The smallest absolute Gasteiger partial charge is 0.0159 e. The van der Waals surface area contributed by atoms with Crippen molar-refractivity contribution in [3.63, 3.8) is 0 Å². The van der Waals surface area contributed by atoms with Gasteiger partial charge < -0.3 is 0 Å². The van der Waals surface area contributed by atoms with Crippen LogP contribution in [-0.2, 0) is 0 Å². The van der Waals surface area contributed by atoms with Gasteiger partial charge in [0.25, 0.3) is 0 Å². The first-order chi connectivity index (χ1) is 5.72. The molecule has 0 radical (unpaired) electrons. The van der Waals surface area contributed by atoms with E-state index in [2.05, 4.69) is 25.7 Å². The van der Waals surface area contributed by atoms with E-state index in [1.165, 1.54) is 0 Å². The highest BCUT2D eigenvalue weighted by Gasteiger charge is 2.03. The Morgan fingerprint density at radius 1 is 0.917 bits per heavy atom. The summed E-state index contributed by atoms with van der Waals surface area (Å²) in [7, 11) is 0. The van der Waals surface area contributed by atoms with Crippen LogP contribution in [0.15, 0.2) is 24.3 Å². The molecule has 0 nitrogen and oxygen atoms in total. The quantitative estimate of drug-likeness (QED) is 0.554. The lowest BCUT2D eigenvalue weighted by Gasteiger charge is -2.10.